The summed E-state index contributed by atoms with van der Waals surface area (Å²) in [6.45, 7) is 5.70. The number of benzene rings is 1. The largest absolute Gasteiger partial charge is 0.506 e. The Bertz CT molecular complexity index is 374. The van der Waals surface area contributed by atoms with Gasteiger partial charge < -0.3 is 10.8 Å². The van der Waals surface area contributed by atoms with Crippen LogP contribution in [0.25, 0.3) is 0 Å². The van der Waals surface area contributed by atoms with Gasteiger partial charge in [0, 0.05) is 11.6 Å². The van der Waals surface area contributed by atoms with Gasteiger partial charge >= 0.3 is 0 Å². The Kier molecular flexibility index (Phi) is 3.41. The van der Waals surface area contributed by atoms with E-state index < -0.39 is 11.9 Å². The van der Waals surface area contributed by atoms with Gasteiger partial charge in [-0.15, -0.1) is 0 Å². The molecule has 84 valence electrons. The number of nitrogens with two attached hydrogens (primary N) is 1. The number of rotatable bonds is 1. The number of aromatic hydroxyl groups is 1. The van der Waals surface area contributed by atoms with Crippen LogP contribution < -0.4 is 5.73 Å². The lowest BCUT2D eigenvalue weighted by Gasteiger charge is -2.28. The molecule has 0 saturated heterocycles. The fourth-order valence-electron chi connectivity index (χ4n) is 1.29. The highest BCUT2D eigenvalue weighted by molar-refractivity contribution is 9.10. The lowest BCUT2D eigenvalue weighted by atomic mass is 9.82. The summed E-state index contributed by atoms with van der Waals surface area (Å²) in [5.41, 5.74) is 5.78. The summed E-state index contributed by atoms with van der Waals surface area (Å²) in [5, 5.41) is 9.75. The van der Waals surface area contributed by atoms with Crippen LogP contribution >= 0.6 is 15.9 Å². The van der Waals surface area contributed by atoms with Crippen molar-refractivity contribution < 1.29 is 9.50 Å². The summed E-state index contributed by atoms with van der Waals surface area (Å²) >= 11 is 3.14. The Balaban J connectivity index is 3.31. The van der Waals surface area contributed by atoms with E-state index in [1.165, 1.54) is 12.1 Å². The molecule has 0 bridgehead atoms. The molecule has 0 amide bonds. The van der Waals surface area contributed by atoms with Gasteiger partial charge in [0.1, 0.15) is 11.6 Å². The predicted molar refractivity (Wildman–Crippen MR) is 62.1 cm³/mol. The van der Waals surface area contributed by atoms with Gasteiger partial charge in [-0.3, -0.25) is 0 Å². The molecule has 1 aromatic carbocycles. The Labute approximate surface area is 97.4 Å². The molecule has 4 heteroatoms. The van der Waals surface area contributed by atoms with Crippen molar-refractivity contribution >= 4 is 15.9 Å². The second kappa shape index (κ2) is 4.10. The van der Waals surface area contributed by atoms with Crippen LogP contribution in [0.1, 0.15) is 32.4 Å². The molecule has 0 unspecified atom stereocenters. The molecule has 0 aliphatic carbocycles. The van der Waals surface area contributed by atoms with Gasteiger partial charge in [-0.05, 0) is 33.5 Å². The molecule has 0 heterocycles. The van der Waals surface area contributed by atoms with Gasteiger partial charge in [-0.25, -0.2) is 4.39 Å². The molecule has 1 aromatic rings. The van der Waals surface area contributed by atoms with E-state index in [0.29, 0.717) is 4.47 Å². The quantitative estimate of drug-likeness (QED) is 0.826. The maximum atomic E-state index is 13.6. The molecule has 0 saturated carbocycles. The zero-order valence-corrected chi connectivity index (χ0v) is 10.6. The van der Waals surface area contributed by atoms with Crippen LogP contribution in [-0.2, 0) is 0 Å². The molecule has 0 aromatic heterocycles. The van der Waals surface area contributed by atoms with Gasteiger partial charge in [0.2, 0.25) is 0 Å². The van der Waals surface area contributed by atoms with E-state index in [4.69, 9.17) is 5.73 Å². The van der Waals surface area contributed by atoms with Gasteiger partial charge in [0.05, 0.1) is 4.47 Å². The van der Waals surface area contributed by atoms with E-state index in [-0.39, 0.29) is 16.7 Å². The fraction of sp³-hybridized carbons (Fsp3) is 0.455. The molecular weight excluding hydrogens is 261 g/mol. The average molecular weight is 276 g/mol. The first-order valence-electron chi connectivity index (χ1n) is 4.67. The Hall–Kier alpha value is -0.610. The van der Waals surface area contributed by atoms with Crippen LogP contribution in [0, 0.1) is 11.2 Å². The first kappa shape index (κ1) is 12.5. The predicted octanol–water partition coefficient (Wildman–Crippen LogP) is 3.34. The van der Waals surface area contributed by atoms with Crippen molar-refractivity contribution in [1.29, 1.82) is 0 Å². The number of hydrogen-bond donors (Lipinski definition) is 2. The third-order valence-electron chi connectivity index (χ3n) is 2.36. The van der Waals surface area contributed by atoms with Gasteiger partial charge in [-0.1, -0.05) is 20.8 Å². The summed E-state index contributed by atoms with van der Waals surface area (Å²) in [7, 11) is 0. The molecule has 0 aliphatic rings. The first-order chi connectivity index (χ1) is 6.75. The maximum absolute atomic E-state index is 13.6. The Morgan fingerprint density at radius 2 is 1.93 bits per heavy atom. The van der Waals surface area contributed by atoms with E-state index in [9.17, 15) is 9.50 Å². The number of phenolic OH excluding ortho intramolecular Hbond substituents is 1. The Morgan fingerprint density at radius 3 is 2.40 bits per heavy atom. The molecule has 1 rings (SSSR count). The van der Waals surface area contributed by atoms with Crippen molar-refractivity contribution in [1.82, 2.24) is 0 Å². The van der Waals surface area contributed by atoms with Crippen molar-refractivity contribution in [3.05, 3.63) is 28.0 Å². The topological polar surface area (TPSA) is 46.2 Å². The second-order valence-electron chi connectivity index (χ2n) is 4.64. The van der Waals surface area contributed by atoms with Crippen LogP contribution in [0.3, 0.4) is 0 Å². The van der Waals surface area contributed by atoms with E-state index in [1.54, 1.807) is 0 Å². The van der Waals surface area contributed by atoms with Crippen LogP contribution in [0.4, 0.5) is 4.39 Å². The third-order valence-corrected chi connectivity index (χ3v) is 3.00. The van der Waals surface area contributed by atoms with Gasteiger partial charge in [-0.2, -0.15) is 0 Å². The average Bonchev–Trinajstić information content (AvgIpc) is 2.10. The van der Waals surface area contributed by atoms with E-state index in [0.717, 1.165) is 0 Å². The van der Waals surface area contributed by atoms with Gasteiger partial charge in [0.15, 0.2) is 0 Å². The van der Waals surface area contributed by atoms with Crippen molar-refractivity contribution in [2.24, 2.45) is 11.1 Å². The number of phenols is 1. The Morgan fingerprint density at radius 1 is 1.40 bits per heavy atom. The lowest BCUT2D eigenvalue weighted by molar-refractivity contribution is 0.308. The zero-order valence-electron chi connectivity index (χ0n) is 9.01. The molecule has 0 aliphatic heterocycles. The van der Waals surface area contributed by atoms with Crippen LogP contribution in [0.2, 0.25) is 0 Å². The van der Waals surface area contributed by atoms with E-state index >= 15 is 0 Å². The highest BCUT2D eigenvalue weighted by atomic mass is 79.9. The van der Waals surface area contributed by atoms with Crippen LogP contribution in [-0.4, -0.2) is 5.11 Å². The van der Waals surface area contributed by atoms with Crippen LogP contribution in [0.5, 0.6) is 5.75 Å². The molecule has 15 heavy (non-hydrogen) atoms. The monoisotopic (exact) mass is 275 g/mol. The standard InChI is InChI=1S/C11H15BrFNO/c1-11(2,3)10(14)8-7(13)5-4-6(12)9(8)15/h4-5,10,15H,14H2,1-3H3/t10-/m1/s1. The maximum Gasteiger partial charge on any atom is 0.137 e. The highest BCUT2D eigenvalue weighted by Crippen LogP contribution is 2.39. The zero-order chi connectivity index (χ0) is 11.8. The normalized spacial score (nSPS) is 14.0. The smallest absolute Gasteiger partial charge is 0.137 e. The minimum atomic E-state index is -0.546. The first-order valence-corrected chi connectivity index (χ1v) is 5.47. The van der Waals surface area contributed by atoms with Crippen molar-refractivity contribution in [2.75, 3.05) is 0 Å². The second-order valence-corrected chi connectivity index (χ2v) is 5.49. The van der Waals surface area contributed by atoms with E-state index in [2.05, 4.69) is 15.9 Å². The third kappa shape index (κ3) is 2.49. The van der Waals surface area contributed by atoms with Crippen molar-refractivity contribution in [2.45, 2.75) is 26.8 Å². The summed E-state index contributed by atoms with van der Waals surface area (Å²) in [6.07, 6.45) is 0. The molecule has 0 spiro atoms. The molecular formula is C11H15BrFNO. The molecule has 2 nitrogen and oxygen atoms in total. The summed E-state index contributed by atoms with van der Waals surface area (Å²) in [6, 6.07) is 2.21. The molecule has 3 N–H and O–H groups in total. The van der Waals surface area contributed by atoms with Crippen molar-refractivity contribution in [3.63, 3.8) is 0 Å². The minimum absolute atomic E-state index is 0.113. The highest BCUT2D eigenvalue weighted by Gasteiger charge is 2.28. The molecule has 0 fully saturated rings. The summed E-state index contributed by atoms with van der Waals surface area (Å²) < 4.78 is 14.0. The fourth-order valence-corrected chi connectivity index (χ4v) is 1.63. The number of hydrogen-bond acceptors (Lipinski definition) is 2. The SMILES string of the molecule is CC(C)(C)[C@H](N)c1c(F)ccc(Br)c1O. The lowest BCUT2D eigenvalue weighted by Crippen LogP contribution is -2.27. The number of halogens is 2. The van der Waals surface area contributed by atoms with Gasteiger partial charge in [0.25, 0.3) is 0 Å². The summed E-state index contributed by atoms with van der Waals surface area (Å²) in [5.74, 6) is -0.587. The minimum Gasteiger partial charge on any atom is -0.506 e. The van der Waals surface area contributed by atoms with E-state index in [1.807, 2.05) is 20.8 Å². The molecule has 0 radical (unpaired) electrons. The molecule has 1 atom stereocenters. The van der Waals surface area contributed by atoms with Crippen molar-refractivity contribution in [3.8, 4) is 5.75 Å². The summed E-state index contributed by atoms with van der Waals surface area (Å²) in [4.78, 5) is 0. The van der Waals surface area contributed by atoms with Crippen LogP contribution in [0.15, 0.2) is 16.6 Å².